The molecule has 0 bridgehead atoms. The maximum Gasteiger partial charge on any atom is 0.324 e. The standard InChI is InChI=1S/C13H15ClN4O2/c1-2-7-19-12-16-11(15)17-13(18-12)20-8-9-3-5-10(14)6-4-9/h3-6H,2,7-8H2,1H3,(H2,15,16,17,18). The van der Waals surface area contributed by atoms with E-state index in [0.29, 0.717) is 18.2 Å². The molecule has 2 aromatic rings. The minimum Gasteiger partial charge on any atom is -0.463 e. The molecule has 0 aliphatic carbocycles. The normalized spacial score (nSPS) is 10.3. The van der Waals surface area contributed by atoms with Crippen LogP contribution in [0.15, 0.2) is 24.3 Å². The molecule has 20 heavy (non-hydrogen) atoms. The van der Waals surface area contributed by atoms with Crippen molar-refractivity contribution in [1.82, 2.24) is 15.0 Å². The Labute approximate surface area is 121 Å². The Morgan fingerprint density at radius 3 is 2.35 bits per heavy atom. The molecule has 0 spiro atoms. The number of ether oxygens (including phenoxy) is 2. The Hall–Kier alpha value is -2.08. The molecule has 0 fully saturated rings. The Balaban J connectivity index is 2.01. The van der Waals surface area contributed by atoms with Gasteiger partial charge in [0, 0.05) is 5.02 Å². The van der Waals surface area contributed by atoms with Crippen LogP contribution in [0.1, 0.15) is 18.9 Å². The first kappa shape index (κ1) is 14.3. The Morgan fingerprint density at radius 1 is 1.05 bits per heavy atom. The highest BCUT2D eigenvalue weighted by Gasteiger charge is 2.06. The fourth-order valence-corrected chi connectivity index (χ4v) is 1.53. The van der Waals surface area contributed by atoms with Gasteiger partial charge in [0.2, 0.25) is 5.95 Å². The van der Waals surface area contributed by atoms with Crippen LogP contribution in [0.4, 0.5) is 5.95 Å². The number of hydrogen-bond donors (Lipinski definition) is 1. The van der Waals surface area contributed by atoms with Crippen LogP contribution in [-0.2, 0) is 6.61 Å². The zero-order valence-corrected chi connectivity index (χ0v) is 11.8. The van der Waals surface area contributed by atoms with E-state index in [-0.39, 0.29) is 18.0 Å². The summed E-state index contributed by atoms with van der Waals surface area (Å²) in [5.74, 6) is 0.0669. The van der Waals surface area contributed by atoms with Gasteiger partial charge >= 0.3 is 12.0 Å². The van der Waals surface area contributed by atoms with E-state index in [1.54, 1.807) is 12.1 Å². The lowest BCUT2D eigenvalue weighted by Gasteiger charge is -2.07. The fourth-order valence-electron chi connectivity index (χ4n) is 1.40. The molecular formula is C13H15ClN4O2. The van der Waals surface area contributed by atoms with E-state index in [4.69, 9.17) is 26.8 Å². The molecule has 0 saturated carbocycles. The minimum absolute atomic E-state index is 0.0669. The number of nitrogen functional groups attached to an aromatic ring is 1. The molecule has 6 nitrogen and oxygen atoms in total. The van der Waals surface area contributed by atoms with E-state index in [2.05, 4.69) is 15.0 Å². The van der Waals surface area contributed by atoms with Gasteiger partial charge < -0.3 is 15.2 Å². The van der Waals surface area contributed by atoms with Gasteiger partial charge in [0.25, 0.3) is 0 Å². The third-order valence-corrected chi connectivity index (χ3v) is 2.58. The molecule has 0 aliphatic heterocycles. The second-order valence-corrected chi connectivity index (χ2v) is 4.46. The topological polar surface area (TPSA) is 83.2 Å². The van der Waals surface area contributed by atoms with E-state index in [0.717, 1.165) is 12.0 Å². The lowest BCUT2D eigenvalue weighted by molar-refractivity contribution is 0.256. The van der Waals surface area contributed by atoms with E-state index < -0.39 is 0 Å². The molecule has 0 saturated heterocycles. The van der Waals surface area contributed by atoms with Gasteiger partial charge in [-0.15, -0.1) is 4.98 Å². The van der Waals surface area contributed by atoms with Gasteiger partial charge in [-0.3, -0.25) is 0 Å². The van der Waals surface area contributed by atoms with Crippen molar-refractivity contribution in [3.63, 3.8) is 0 Å². The Morgan fingerprint density at radius 2 is 1.70 bits per heavy atom. The highest BCUT2D eigenvalue weighted by Crippen LogP contribution is 2.14. The van der Waals surface area contributed by atoms with E-state index in [9.17, 15) is 0 Å². The highest BCUT2D eigenvalue weighted by atomic mass is 35.5. The van der Waals surface area contributed by atoms with Crippen molar-refractivity contribution in [3.8, 4) is 12.0 Å². The number of anilines is 1. The van der Waals surface area contributed by atoms with E-state index in [1.807, 2.05) is 19.1 Å². The highest BCUT2D eigenvalue weighted by molar-refractivity contribution is 6.30. The van der Waals surface area contributed by atoms with Gasteiger partial charge in [0.05, 0.1) is 6.61 Å². The molecule has 0 radical (unpaired) electrons. The smallest absolute Gasteiger partial charge is 0.324 e. The van der Waals surface area contributed by atoms with Crippen LogP contribution >= 0.6 is 11.6 Å². The number of aromatic nitrogens is 3. The predicted octanol–water partition coefficient (Wildman–Crippen LogP) is 2.48. The van der Waals surface area contributed by atoms with Crippen molar-refractivity contribution in [2.24, 2.45) is 0 Å². The van der Waals surface area contributed by atoms with Crippen molar-refractivity contribution in [2.75, 3.05) is 12.3 Å². The van der Waals surface area contributed by atoms with E-state index in [1.165, 1.54) is 0 Å². The molecular weight excluding hydrogens is 280 g/mol. The van der Waals surface area contributed by atoms with Crippen molar-refractivity contribution >= 4 is 17.5 Å². The van der Waals surface area contributed by atoms with Crippen LogP contribution in [0.5, 0.6) is 12.0 Å². The lowest BCUT2D eigenvalue weighted by Crippen LogP contribution is -2.07. The van der Waals surface area contributed by atoms with Crippen LogP contribution in [0.25, 0.3) is 0 Å². The predicted molar refractivity (Wildman–Crippen MR) is 75.8 cm³/mol. The van der Waals surface area contributed by atoms with Gasteiger partial charge in [-0.2, -0.15) is 9.97 Å². The zero-order chi connectivity index (χ0) is 14.4. The van der Waals surface area contributed by atoms with Crippen molar-refractivity contribution in [3.05, 3.63) is 34.9 Å². The summed E-state index contributed by atoms with van der Waals surface area (Å²) in [6.07, 6.45) is 0.854. The molecule has 1 heterocycles. The maximum absolute atomic E-state index is 5.81. The number of benzene rings is 1. The first-order valence-electron chi connectivity index (χ1n) is 6.19. The molecule has 7 heteroatoms. The molecule has 106 valence electrons. The summed E-state index contributed by atoms with van der Waals surface area (Å²) >= 11 is 5.81. The van der Waals surface area contributed by atoms with Gasteiger partial charge in [-0.1, -0.05) is 30.7 Å². The Bertz CT molecular complexity index is 563. The summed E-state index contributed by atoms with van der Waals surface area (Å²) in [5, 5.41) is 0.674. The quantitative estimate of drug-likeness (QED) is 0.881. The summed E-state index contributed by atoms with van der Waals surface area (Å²) in [4.78, 5) is 11.8. The van der Waals surface area contributed by atoms with Crippen molar-refractivity contribution in [1.29, 1.82) is 0 Å². The van der Waals surface area contributed by atoms with Crippen LogP contribution in [0, 0.1) is 0 Å². The summed E-state index contributed by atoms with van der Waals surface area (Å²) in [5.41, 5.74) is 6.53. The van der Waals surface area contributed by atoms with Crippen molar-refractivity contribution < 1.29 is 9.47 Å². The molecule has 2 N–H and O–H groups in total. The Kier molecular flexibility index (Phi) is 4.95. The van der Waals surface area contributed by atoms with Gasteiger partial charge in [-0.05, 0) is 24.1 Å². The zero-order valence-electron chi connectivity index (χ0n) is 11.0. The summed E-state index contributed by atoms with van der Waals surface area (Å²) < 4.78 is 10.8. The van der Waals surface area contributed by atoms with Crippen LogP contribution in [-0.4, -0.2) is 21.6 Å². The maximum atomic E-state index is 5.81. The SMILES string of the molecule is CCCOc1nc(N)nc(OCc2ccc(Cl)cc2)n1. The largest absolute Gasteiger partial charge is 0.463 e. The third-order valence-electron chi connectivity index (χ3n) is 2.33. The molecule has 0 atom stereocenters. The summed E-state index contributed by atoms with van der Waals surface area (Å²) in [6, 6.07) is 7.61. The molecule has 1 aromatic heterocycles. The molecule has 1 aromatic carbocycles. The monoisotopic (exact) mass is 294 g/mol. The molecule has 2 rings (SSSR count). The van der Waals surface area contributed by atoms with Gasteiger partial charge in [-0.25, -0.2) is 0 Å². The number of nitrogens with two attached hydrogens (primary N) is 1. The average molecular weight is 295 g/mol. The number of hydrogen-bond acceptors (Lipinski definition) is 6. The van der Waals surface area contributed by atoms with Crippen molar-refractivity contribution in [2.45, 2.75) is 20.0 Å². The third kappa shape index (κ3) is 4.24. The number of nitrogens with zero attached hydrogens (tertiary/aromatic N) is 3. The van der Waals surface area contributed by atoms with Crippen LogP contribution < -0.4 is 15.2 Å². The minimum atomic E-state index is 0.0669. The first-order valence-corrected chi connectivity index (χ1v) is 6.56. The van der Waals surface area contributed by atoms with Gasteiger partial charge in [0.15, 0.2) is 0 Å². The number of halogens is 1. The van der Waals surface area contributed by atoms with Crippen LogP contribution in [0.3, 0.4) is 0 Å². The van der Waals surface area contributed by atoms with Gasteiger partial charge in [0.1, 0.15) is 6.61 Å². The fraction of sp³-hybridized carbons (Fsp3) is 0.308. The molecule has 0 aliphatic rings. The van der Waals surface area contributed by atoms with Crippen LogP contribution in [0.2, 0.25) is 5.02 Å². The summed E-state index contributed by atoms with van der Waals surface area (Å²) in [7, 11) is 0. The number of rotatable bonds is 6. The molecule has 0 unspecified atom stereocenters. The second-order valence-electron chi connectivity index (χ2n) is 4.02. The average Bonchev–Trinajstić information content (AvgIpc) is 2.44. The first-order chi connectivity index (χ1) is 9.67. The summed E-state index contributed by atoms with van der Waals surface area (Å²) in [6.45, 7) is 2.82. The van der Waals surface area contributed by atoms with E-state index >= 15 is 0 Å². The lowest BCUT2D eigenvalue weighted by atomic mass is 10.2. The molecule has 0 amide bonds. The second kappa shape index (κ2) is 6.91.